The van der Waals surface area contributed by atoms with Crippen LogP contribution in [0.25, 0.3) is 0 Å². The molecule has 0 aliphatic heterocycles. The molecule has 0 aromatic heterocycles. The number of benzene rings is 1. The highest BCUT2D eigenvalue weighted by Crippen LogP contribution is 2.33. The van der Waals surface area contributed by atoms with Crippen LogP contribution in [0, 0.1) is 0 Å². The van der Waals surface area contributed by atoms with Gasteiger partial charge >= 0.3 is 0 Å². The molecule has 1 aromatic rings. The van der Waals surface area contributed by atoms with Crippen molar-refractivity contribution in [3.8, 4) is 5.75 Å². The zero-order valence-electron chi connectivity index (χ0n) is 8.61. The average Bonchev–Trinajstić information content (AvgIpc) is 2.25. The molecule has 0 saturated carbocycles. The van der Waals surface area contributed by atoms with Gasteiger partial charge in [0, 0.05) is 11.4 Å². The third kappa shape index (κ3) is 4.70. The molecule has 0 N–H and O–H groups in total. The van der Waals surface area contributed by atoms with E-state index in [0.717, 1.165) is 24.6 Å². The second-order valence-electron chi connectivity index (χ2n) is 3.29. The van der Waals surface area contributed by atoms with Crippen molar-refractivity contribution in [2.75, 3.05) is 11.9 Å². The minimum Gasteiger partial charge on any atom is -0.492 e. The number of hydrogen-bond donors (Lipinski definition) is 0. The van der Waals surface area contributed by atoms with Gasteiger partial charge in [-0.2, -0.15) is 0 Å². The van der Waals surface area contributed by atoms with Crippen LogP contribution < -0.4 is 4.74 Å². The van der Waals surface area contributed by atoms with Crippen LogP contribution in [0.1, 0.15) is 19.3 Å². The van der Waals surface area contributed by atoms with Crippen LogP contribution >= 0.6 is 50.7 Å². The largest absolute Gasteiger partial charge is 0.492 e. The van der Waals surface area contributed by atoms with Crippen LogP contribution in [0.4, 0.5) is 0 Å². The first-order valence-electron chi connectivity index (χ1n) is 4.98. The van der Waals surface area contributed by atoms with Gasteiger partial charge in [0.25, 0.3) is 0 Å². The Morgan fingerprint density at radius 2 is 1.62 bits per heavy atom. The lowest BCUT2D eigenvalue weighted by molar-refractivity contribution is 0.307. The van der Waals surface area contributed by atoms with E-state index in [1.807, 2.05) is 0 Å². The van der Waals surface area contributed by atoms with Gasteiger partial charge in [0.2, 0.25) is 0 Å². The number of hydrogen-bond acceptors (Lipinski definition) is 1. The maximum atomic E-state index is 5.97. The molecule has 0 radical (unpaired) electrons. The molecule has 5 heteroatoms. The van der Waals surface area contributed by atoms with E-state index in [1.54, 1.807) is 12.1 Å². The van der Waals surface area contributed by atoms with E-state index in [4.69, 9.17) is 39.5 Å². The van der Waals surface area contributed by atoms with E-state index in [2.05, 4.69) is 15.9 Å². The van der Waals surface area contributed by atoms with Gasteiger partial charge in [-0.1, -0.05) is 50.7 Å². The Labute approximate surface area is 119 Å². The lowest BCUT2D eigenvalue weighted by Gasteiger charge is -2.08. The first kappa shape index (κ1) is 14.4. The molecule has 0 fully saturated rings. The quantitative estimate of drug-likeness (QED) is 0.370. The maximum Gasteiger partial charge on any atom is 0.139 e. The van der Waals surface area contributed by atoms with Crippen molar-refractivity contribution in [3.63, 3.8) is 0 Å². The molecule has 0 unspecified atom stereocenters. The summed E-state index contributed by atoms with van der Waals surface area (Å²) in [6.07, 6.45) is 3.28. The van der Waals surface area contributed by atoms with Crippen LogP contribution in [0.15, 0.2) is 12.1 Å². The second-order valence-corrected chi connectivity index (χ2v) is 5.31. The number of halogens is 4. The predicted molar refractivity (Wildman–Crippen MR) is 74.6 cm³/mol. The molecule has 0 aliphatic rings. The molecule has 0 spiro atoms. The summed E-state index contributed by atoms with van der Waals surface area (Å²) in [6, 6.07) is 3.25. The van der Waals surface area contributed by atoms with E-state index < -0.39 is 0 Å². The fourth-order valence-corrected chi connectivity index (χ4v) is 2.16. The summed E-state index contributed by atoms with van der Waals surface area (Å²) in [7, 11) is 0. The fourth-order valence-electron chi connectivity index (χ4n) is 1.17. The molecule has 0 bridgehead atoms. The Balaban J connectivity index is 2.45. The normalized spacial score (nSPS) is 10.5. The Kier molecular flexibility index (Phi) is 6.90. The van der Waals surface area contributed by atoms with Crippen molar-refractivity contribution < 1.29 is 4.74 Å². The molecule has 0 saturated heterocycles. The Bertz CT molecular complexity index is 344. The number of alkyl halides is 1. The first-order valence-corrected chi connectivity index (χ1v) is 7.24. The van der Waals surface area contributed by atoms with Crippen LogP contribution in [0.5, 0.6) is 5.75 Å². The van der Waals surface area contributed by atoms with E-state index in [9.17, 15) is 0 Å². The number of ether oxygens (including phenoxy) is 1. The molecule has 1 nitrogen and oxygen atoms in total. The molecule has 1 rings (SSSR count). The average molecular weight is 346 g/mol. The molecule has 16 heavy (non-hydrogen) atoms. The lowest BCUT2D eigenvalue weighted by atomic mass is 10.3. The van der Waals surface area contributed by atoms with Gasteiger partial charge in [0.05, 0.1) is 21.7 Å². The van der Waals surface area contributed by atoms with Crippen molar-refractivity contribution in [1.29, 1.82) is 0 Å². The van der Waals surface area contributed by atoms with Crippen molar-refractivity contribution in [1.82, 2.24) is 0 Å². The summed E-state index contributed by atoms with van der Waals surface area (Å²) in [4.78, 5) is 0. The predicted octanol–water partition coefficient (Wildman–Crippen LogP) is 5.59. The molecule has 90 valence electrons. The zero-order valence-corrected chi connectivity index (χ0v) is 12.5. The van der Waals surface area contributed by atoms with Gasteiger partial charge in [-0.3, -0.25) is 0 Å². The minimum absolute atomic E-state index is 0.443. The van der Waals surface area contributed by atoms with Crippen molar-refractivity contribution in [3.05, 3.63) is 27.2 Å². The molecule has 0 amide bonds. The molecule has 0 aliphatic carbocycles. The lowest BCUT2D eigenvalue weighted by Crippen LogP contribution is -1.98. The van der Waals surface area contributed by atoms with E-state index in [0.29, 0.717) is 27.4 Å². The summed E-state index contributed by atoms with van der Waals surface area (Å²) in [5.41, 5.74) is 0. The Morgan fingerprint density at radius 1 is 0.938 bits per heavy atom. The van der Waals surface area contributed by atoms with Gasteiger partial charge in [0.15, 0.2) is 0 Å². The van der Waals surface area contributed by atoms with Crippen LogP contribution in [-0.2, 0) is 0 Å². The van der Waals surface area contributed by atoms with Gasteiger partial charge in [-0.15, -0.1) is 0 Å². The summed E-state index contributed by atoms with van der Waals surface area (Å²) in [5, 5.41) is 2.43. The first-order chi connectivity index (χ1) is 7.65. The minimum atomic E-state index is 0.443. The SMILES string of the molecule is Clc1cc(Cl)c(OCCCCCBr)cc1Cl. The summed E-state index contributed by atoms with van der Waals surface area (Å²) in [6.45, 7) is 0.644. The Hall–Kier alpha value is 0.370. The van der Waals surface area contributed by atoms with E-state index >= 15 is 0 Å². The van der Waals surface area contributed by atoms with Crippen molar-refractivity contribution in [2.24, 2.45) is 0 Å². The van der Waals surface area contributed by atoms with Crippen LogP contribution in [-0.4, -0.2) is 11.9 Å². The fraction of sp³-hybridized carbons (Fsp3) is 0.455. The maximum absolute atomic E-state index is 5.97. The van der Waals surface area contributed by atoms with Gasteiger partial charge in [-0.05, 0) is 25.3 Å². The van der Waals surface area contributed by atoms with E-state index in [-0.39, 0.29) is 0 Å². The molecule has 0 heterocycles. The van der Waals surface area contributed by atoms with Gasteiger partial charge < -0.3 is 4.74 Å². The molecule has 1 aromatic carbocycles. The van der Waals surface area contributed by atoms with E-state index in [1.165, 1.54) is 0 Å². The number of unbranched alkanes of at least 4 members (excludes halogenated alkanes) is 2. The summed E-state index contributed by atoms with van der Waals surface area (Å²) in [5.74, 6) is 0.593. The van der Waals surface area contributed by atoms with Gasteiger partial charge in [0.1, 0.15) is 5.75 Å². The highest BCUT2D eigenvalue weighted by molar-refractivity contribution is 9.09. The standard InChI is InChI=1S/C11H12BrCl3O/c12-4-2-1-3-5-16-11-7-9(14)8(13)6-10(11)15/h6-7H,1-5H2. The number of rotatable bonds is 6. The van der Waals surface area contributed by atoms with Crippen molar-refractivity contribution in [2.45, 2.75) is 19.3 Å². The molecule has 0 atom stereocenters. The highest BCUT2D eigenvalue weighted by Gasteiger charge is 2.06. The Morgan fingerprint density at radius 3 is 2.31 bits per heavy atom. The monoisotopic (exact) mass is 344 g/mol. The molecular weight excluding hydrogens is 334 g/mol. The van der Waals surface area contributed by atoms with Crippen molar-refractivity contribution >= 4 is 50.7 Å². The third-order valence-electron chi connectivity index (χ3n) is 2.01. The van der Waals surface area contributed by atoms with Crippen LogP contribution in [0.2, 0.25) is 15.1 Å². The summed E-state index contributed by atoms with van der Waals surface area (Å²) < 4.78 is 5.53. The smallest absolute Gasteiger partial charge is 0.139 e. The highest BCUT2D eigenvalue weighted by atomic mass is 79.9. The zero-order chi connectivity index (χ0) is 12.0. The third-order valence-corrected chi connectivity index (χ3v) is 3.59. The summed E-state index contributed by atoms with van der Waals surface area (Å²) >= 11 is 21.0. The van der Waals surface area contributed by atoms with Crippen LogP contribution in [0.3, 0.4) is 0 Å². The second kappa shape index (κ2) is 7.65. The topological polar surface area (TPSA) is 9.23 Å². The molecular formula is C11H12BrCl3O. The van der Waals surface area contributed by atoms with Gasteiger partial charge in [-0.25, -0.2) is 0 Å².